The van der Waals surface area contributed by atoms with Gasteiger partial charge in [0.25, 0.3) is 4.84 Å². The van der Waals surface area contributed by atoms with Crippen LogP contribution in [0.15, 0.2) is 47.2 Å². The zero-order valence-electron chi connectivity index (χ0n) is 17.3. The second kappa shape index (κ2) is 9.82. The van der Waals surface area contributed by atoms with E-state index in [-0.39, 0.29) is 16.8 Å². The van der Waals surface area contributed by atoms with Gasteiger partial charge in [0, 0.05) is 0 Å². The van der Waals surface area contributed by atoms with Crippen molar-refractivity contribution >= 4 is 24.3 Å². The summed E-state index contributed by atoms with van der Waals surface area (Å²) >= 11 is 5.28. The number of benzene rings is 1. The van der Waals surface area contributed by atoms with Crippen molar-refractivity contribution in [2.75, 3.05) is 0 Å². The molecule has 0 spiro atoms. The Morgan fingerprint density at radius 2 is 1.96 bits per heavy atom. The van der Waals surface area contributed by atoms with Gasteiger partial charge >= 0.3 is 5.97 Å². The Kier molecular flexibility index (Phi) is 7.75. The SMILES string of the molecule is CC(C)CC(C(C/C=C/c1ccccc1)C(=O)OC(C)(C)C)n1ncoc1=S. The van der Waals surface area contributed by atoms with E-state index in [0.717, 1.165) is 12.0 Å². The summed E-state index contributed by atoms with van der Waals surface area (Å²) in [7, 11) is 0. The first-order valence-electron chi connectivity index (χ1n) is 9.64. The second-order valence-corrected chi connectivity index (χ2v) is 8.68. The molecule has 2 atom stereocenters. The van der Waals surface area contributed by atoms with Crippen LogP contribution in [0, 0.1) is 16.7 Å². The van der Waals surface area contributed by atoms with Gasteiger partial charge in [-0.25, -0.2) is 4.68 Å². The Labute approximate surface area is 172 Å². The molecule has 2 rings (SSSR count). The average molecular weight is 403 g/mol. The molecule has 0 radical (unpaired) electrons. The van der Waals surface area contributed by atoms with Gasteiger partial charge in [-0.3, -0.25) is 4.79 Å². The number of esters is 1. The minimum atomic E-state index is -0.563. The third-order valence-corrected chi connectivity index (χ3v) is 4.50. The molecule has 0 amide bonds. The predicted molar refractivity (Wildman–Crippen MR) is 113 cm³/mol. The average Bonchev–Trinajstić information content (AvgIpc) is 3.02. The molecule has 6 heteroatoms. The van der Waals surface area contributed by atoms with Gasteiger partial charge in [-0.1, -0.05) is 56.3 Å². The number of hydrogen-bond acceptors (Lipinski definition) is 5. The van der Waals surface area contributed by atoms with E-state index in [2.05, 4.69) is 18.9 Å². The molecule has 0 saturated heterocycles. The van der Waals surface area contributed by atoms with Crippen molar-refractivity contribution in [1.82, 2.24) is 9.78 Å². The lowest BCUT2D eigenvalue weighted by atomic mass is 9.89. The van der Waals surface area contributed by atoms with Crippen LogP contribution in [0.1, 0.15) is 59.1 Å². The minimum absolute atomic E-state index is 0.235. The summed E-state index contributed by atoms with van der Waals surface area (Å²) < 4.78 is 12.6. The first kappa shape index (κ1) is 22.1. The first-order valence-corrected chi connectivity index (χ1v) is 10.0. The smallest absolute Gasteiger partial charge is 0.311 e. The second-order valence-electron chi connectivity index (χ2n) is 8.33. The third kappa shape index (κ3) is 6.75. The van der Waals surface area contributed by atoms with E-state index >= 15 is 0 Å². The van der Waals surface area contributed by atoms with E-state index in [4.69, 9.17) is 21.4 Å². The minimum Gasteiger partial charge on any atom is -0.460 e. The molecule has 28 heavy (non-hydrogen) atoms. The van der Waals surface area contributed by atoms with E-state index in [0.29, 0.717) is 12.3 Å². The normalized spacial score (nSPS) is 14.4. The topological polar surface area (TPSA) is 57.3 Å². The summed E-state index contributed by atoms with van der Waals surface area (Å²) in [4.78, 5) is 13.3. The van der Waals surface area contributed by atoms with Gasteiger partial charge in [-0.05, 0) is 57.3 Å². The highest BCUT2D eigenvalue weighted by Crippen LogP contribution is 2.31. The Hall–Kier alpha value is -2.21. The number of carbonyl (C=O) groups is 1. The molecule has 1 aromatic carbocycles. The van der Waals surface area contributed by atoms with Gasteiger partial charge in [0.05, 0.1) is 12.0 Å². The first-order chi connectivity index (χ1) is 13.2. The van der Waals surface area contributed by atoms with Gasteiger partial charge in [-0.2, -0.15) is 0 Å². The van der Waals surface area contributed by atoms with Crippen molar-refractivity contribution in [3.63, 3.8) is 0 Å². The lowest BCUT2D eigenvalue weighted by Crippen LogP contribution is -2.34. The van der Waals surface area contributed by atoms with Gasteiger partial charge in [-0.15, -0.1) is 5.10 Å². The molecule has 1 aromatic heterocycles. The molecule has 1 heterocycles. The van der Waals surface area contributed by atoms with Crippen LogP contribution in [-0.4, -0.2) is 21.4 Å². The molecule has 2 unspecified atom stereocenters. The molecular formula is C22H30N2O3S. The highest BCUT2D eigenvalue weighted by atomic mass is 32.1. The summed E-state index contributed by atoms with van der Waals surface area (Å²) in [6, 6.07) is 9.77. The number of ether oxygens (including phenoxy) is 1. The molecule has 152 valence electrons. The van der Waals surface area contributed by atoms with E-state index in [1.54, 1.807) is 4.68 Å². The van der Waals surface area contributed by atoms with Crippen molar-refractivity contribution in [3.8, 4) is 0 Å². The van der Waals surface area contributed by atoms with Crippen molar-refractivity contribution in [2.24, 2.45) is 11.8 Å². The molecule has 5 nitrogen and oxygen atoms in total. The third-order valence-electron chi connectivity index (χ3n) is 4.21. The number of allylic oxidation sites excluding steroid dienone is 1. The maximum absolute atomic E-state index is 13.1. The fourth-order valence-electron chi connectivity index (χ4n) is 3.06. The van der Waals surface area contributed by atoms with Crippen LogP contribution in [0.2, 0.25) is 0 Å². The fraction of sp³-hybridized carbons (Fsp3) is 0.500. The number of carbonyl (C=O) groups excluding carboxylic acids is 1. The summed E-state index contributed by atoms with van der Waals surface area (Å²) in [5, 5.41) is 4.25. The highest BCUT2D eigenvalue weighted by molar-refractivity contribution is 7.71. The Morgan fingerprint density at radius 3 is 2.50 bits per heavy atom. The zero-order valence-corrected chi connectivity index (χ0v) is 18.1. The van der Waals surface area contributed by atoms with Gasteiger partial charge < -0.3 is 9.15 Å². The predicted octanol–water partition coefficient (Wildman–Crippen LogP) is 5.85. The molecule has 2 aromatic rings. The van der Waals surface area contributed by atoms with Crippen LogP contribution in [0.4, 0.5) is 0 Å². The molecular weight excluding hydrogens is 372 g/mol. The largest absolute Gasteiger partial charge is 0.460 e. The Morgan fingerprint density at radius 1 is 1.29 bits per heavy atom. The number of rotatable bonds is 8. The van der Waals surface area contributed by atoms with Crippen molar-refractivity contribution in [2.45, 2.75) is 59.1 Å². The fourth-order valence-corrected chi connectivity index (χ4v) is 3.29. The van der Waals surface area contributed by atoms with Crippen LogP contribution in [0.5, 0.6) is 0 Å². The summed E-state index contributed by atoms with van der Waals surface area (Å²) in [6.45, 7) is 9.86. The Balaban J connectivity index is 2.33. The lowest BCUT2D eigenvalue weighted by molar-refractivity contribution is -0.162. The molecule has 0 aliphatic heterocycles. The van der Waals surface area contributed by atoms with Crippen LogP contribution in [-0.2, 0) is 9.53 Å². The number of hydrogen-bond donors (Lipinski definition) is 0. The molecule has 0 fully saturated rings. The quantitative estimate of drug-likeness (QED) is 0.409. The standard InChI is InChI=1S/C22H30N2O3S/c1-16(2)14-19(24-21(28)26-15-23-24)18(20(25)27-22(3,4)5)13-9-12-17-10-7-6-8-11-17/h6-12,15-16,18-19H,13-14H2,1-5H3/b12-9+. The summed E-state index contributed by atoms with van der Waals surface area (Å²) in [6.07, 6.45) is 6.62. The van der Waals surface area contributed by atoms with Crippen molar-refractivity contribution in [3.05, 3.63) is 53.2 Å². The summed E-state index contributed by atoms with van der Waals surface area (Å²) in [5.41, 5.74) is 0.524. The van der Waals surface area contributed by atoms with E-state index in [1.807, 2.05) is 63.3 Å². The van der Waals surface area contributed by atoms with Crippen LogP contribution in [0.25, 0.3) is 6.08 Å². The van der Waals surface area contributed by atoms with Crippen LogP contribution >= 0.6 is 12.2 Å². The molecule has 0 aliphatic rings. The van der Waals surface area contributed by atoms with Gasteiger partial charge in [0.2, 0.25) is 6.39 Å². The zero-order chi connectivity index (χ0) is 20.7. The number of aromatic nitrogens is 2. The molecule has 0 N–H and O–H groups in total. The van der Waals surface area contributed by atoms with Crippen molar-refractivity contribution in [1.29, 1.82) is 0 Å². The number of nitrogens with zero attached hydrogens (tertiary/aromatic N) is 2. The maximum Gasteiger partial charge on any atom is 0.311 e. The van der Waals surface area contributed by atoms with E-state index in [9.17, 15) is 4.79 Å². The molecule has 0 saturated carbocycles. The Bertz CT molecular complexity index is 831. The monoisotopic (exact) mass is 402 g/mol. The van der Waals surface area contributed by atoms with Crippen LogP contribution in [0.3, 0.4) is 0 Å². The lowest BCUT2D eigenvalue weighted by Gasteiger charge is -2.29. The van der Waals surface area contributed by atoms with Gasteiger partial charge in [0.1, 0.15) is 5.60 Å². The van der Waals surface area contributed by atoms with E-state index in [1.165, 1.54) is 6.39 Å². The van der Waals surface area contributed by atoms with Crippen LogP contribution < -0.4 is 0 Å². The molecule has 0 bridgehead atoms. The van der Waals surface area contributed by atoms with Crippen molar-refractivity contribution < 1.29 is 13.9 Å². The van der Waals surface area contributed by atoms with E-state index < -0.39 is 11.5 Å². The summed E-state index contributed by atoms with van der Waals surface area (Å²) in [5.74, 6) is -0.314. The van der Waals surface area contributed by atoms with Gasteiger partial charge in [0.15, 0.2) is 0 Å². The maximum atomic E-state index is 13.1. The highest BCUT2D eigenvalue weighted by Gasteiger charge is 2.34. The molecule has 0 aliphatic carbocycles.